The Morgan fingerprint density at radius 2 is 1.72 bits per heavy atom. The fourth-order valence-electron chi connectivity index (χ4n) is 8.20. The van der Waals surface area contributed by atoms with Crippen LogP contribution in [-0.4, -0.2) is 48.6 Å². The van der Waals surface area contributed by atoms with E-state index in [0.29, 0.717) is 30.5 Å². The van der Waals surface area contributed by atoms with Gasteiger partial charge in [-0.15, -0.1) is 0 Å². The van der Waals surface area contributed by atoms with Crippen molar-refractivity contribution in [2.45, 2.75) is 109 Å². The molecule has 2 amide bonds. The van der Waals surface area contributed by atoms with Gasteiger partial charge >= 0.3 is 0 Å². The highest BCUT2D eigenvalue weighted by Crippen LogP contribution is 2.48. The number of nitrogens with zero attached hydrogens (tertiary/aromatic N) is 2. The van der Waals surface area contributed by atoms with Crippen LogP contribution < -0.4 is 15.0 Å². The Kier molecular flexibility index (Phi) is 10.5. The summed E-state index contributed by atoms with van der Waals surface area (Å²) in [5, 5.41) is 3.82. The lowest BCUT2D eigenvalue weighted by atomic mass is 9.62. The quantitative estimate of drug-likeness (QED) is 0.294. The number of aryl methyl sites for hydroxylation is 1. The summed E-state index contributed by atoms with van der Waals surface area (Å²) < 4.78 is 6.47. The van der Waals surface area contributed by atoms with Gasteiger partial charge in [-0.05, 0) is 98.6 Å². The van der Waals surface area contributed by atoms with Crippen molar-refractivity contribution < 1.29 is 14.3 Å². The minimum atomic E-state index is 0. The normalized spacial score (nSPS) is 24.6. The van der Waals surface area contributed by atoms with E-state index in [9.17, 15) is 9.59 Å². The van der Waals surface area contributed by atoms with Gasteiger partial charge in [0.1, 0.15) is 12.0 Å². The third-order valence-corrected chi connectivity index (χ3v) is 10.5. The van der Waals surface area contributed by atoms with Crippen LogP contribution in [-0.2, 0) is 11.2 Å². The van der Waals surface area contributed by atoms with Crippen LogP contribution in [0.4, 0.5) is 5.69 Å². The molecule has 6 nitrogen and oxygen atoms in total. The predicted molar refractivity (Wildman–Crippen MR) is 173 cm³/mol. The molecule has 2 aromatic rings. The largest absolute Gasteiger partial charge is 0.475 e. The second-order valence-electron chi connectivity index (χ2n) is 13.4. The molecule has 1 unspecified atom stereocenters. The molecule has 0 aromatic heterocycles. The molecule has 2 heterocycles. The summed E-state index contributed by atoms with van der Waals surface area (Å²) in [5.74, 6) is 2.03. The van der Waals surface area contributed by atoms with Crippen molar-refractivity contribution in [3.8, 4) is 5.75 Å². The van der Waals surface area contributed by atoms with Crippen molar-refractivity contribution in [2.75, 3.05) is 24.5 Å². The number of nitrogens with one attached hydrogen (secondary N) is 1. The zero-order chi connectivity index (χ0) is 28.9. The number of unbranched alkanes of at least 4 members (excludes halogenated alkanes) is 1. The highest BCUT2D eigenvalue weighted by atomic mass is 16.5. The van der Waals surface area contributed by atoms with Crippen LogP contribution >= 0.6 is 0 Å². The van der Waals surface area contributed by atoms with E-state index in [4.69, 9.17) is 4.74 Å². The summed E-state index contributed by atoms with van der Waals surface area (Å²) >= 11 is 0. The lowest BCUT2D eigenvalue weighted by Crippen LogP contribution is -2.50. The highest BCUT2D eigenvalue weighted by molar-refractivity contribution is 5.97. The molecule has 232 valence electrons. The summed E-state index contributed by atoms with van der Waals surface area (Å²) in [6, 6.07) is 16.2. The van der Waals surface area contributed by atoms with Crippen molar-refractivity contribution in [2.24, 2.45) is 11.3 Å². The molecule has 4 aliphatic rings. The molecule has 2 aromatic carbocycles. The first kappa shape index (κ1) is 31.6. The van der Waals surface area contributed by atoms with Crippen LogP contribution in [0.3, 0.4) is 0 Å². The maximum Gasteiger partial charge on any atom is 0.253 e. The Labute approximate surface area is 259 Å². The Balaban J connectivity index is 0.00000368. The molecule has 43 heavy (non-hydrogen) atoms. The van der Waals surface area contributed by atoms with Crippen molar-refractivity contribution in [1.29, 1.82) is 0 Å². The van der Waals surface area contributed by atoms with E-state index >= 15 is 0 Å². The van der Waals surface area contributed by atoms with E-state index in [1.807, 2.05) is 46.2 Å². The minimum absolute atomic E-state index is 0. The van der Waals surface area contributed by atoms with E-state index in [1.165, 1.54) is 50.5 Å². The molecule has 1 saturated heterocycles. The molecule has 6 heteroatoms. The van der Waals surface area contributed by atoms with E-state index in [-0.39, 0.29) is 31.5 Å². The molecule has 2 bridgehead atoms. The summed E-state index contributed by atoms with van der Waals surface area (Å²) in [7, 11) is 0. The van der Waals surface area contributed by atoms with Gasteiger partial charge in [0, 0.05) is 43.3 Å². The number of carbonyl (C=O) groups excluding carboxylic acids is 2. The number of amides is 2. The van der Waals surface area contributed by atoms with Gasteiger partial charge in [-0.25, -0.2) is 0 Å². The number of likely N-dealkylation sites (tertiary alicyclic amines) is 1. The fourth-order valence-corrected chi connectivity index (χ4v) is 8.20. The molecular weight excluding hydrogens is 534 g/mol. The van der Waals surface area contributed by atoms with Gasteiger partial charge in [-0.3, -0.25) is 14.9 Å². The van der Waals surface area contributed by atoms with Gasteiger partial charge < -0.3 is 14.5 Å². The zero-order valence-electron chi connectivity index (χ0n) is 26.2. The molecular formula is C37H51N3O3. The standard InChI is InChI=1S/C36H49N3O3.CH2/c1-2-3-12-33(37-26-36-21-6-8-27(25-36)9-7-22-36)42-31-16-13-29(14-17-31)35(41)38-23-19-30(20-24-38)39-32-11-5-4-10-28(32)15-18-34(39)40;/h4-5,10-11,13-14,16-17,27,30,33,37H,2-3,6-9,12,15,18-26H2,1H3;1H2. The van der Waals surface area contributed by atoms with E-state index < -0.39 is 0 Å². The molecule has 0 spiro atoms. The van der Waals surface area contributed by atoms with Gasteiger partial charge in [0.15, 0.2) is 0 Å². The van der Waals surface area contributed by atoms with Crippen LogP contribution in [0.1, 0.15) is 106 Å². The average molecular weight is 586 g/mol. The average Bonchev–Trinajstić information content (AvgIpc) is 3.02. The molecule has 1 atom stereocenters. The van der Waals surface area contributed by atoms with Crippen molar-refractivity contribution >= 4 is 17.5 Å². The molecule has 2 saturated carbocycles. The number of piperidine rings is 1. The summed E-state index contributed by atoms with van der Waals surface area (Å²) in [4.78, 5) is 30.2. The SMILES string of the molecule is CCCCC(NCC12CCCC(CCC1)C2)Oc1ccc(C(=O)N2CCC(N3C(=O)CCc4ccccc43)CC2)cc1.[CH2]. The lowest BCUT2D eigenvalue weighted by molar-refractivity contribution is -0.119. The maximum atomic E-state index is 13.4. The van der Waals surface area contributed by atoms with E-state index in [0.717, 1.165) is 62.4 Å². The van der Waals surface area contributed by atoms with E-state index in [1.54, 1.807) is 0 Å². The summed E-state index contributed by atoms with van der Waals surface area (Å²) in [6.45, 7) is 4.62. The van der Waals surface area contributed by atoms with Crippen LogP contribution in [0.25, 0.3) is 0 Å². The third kappa shape index (κ3) is 7.28. The lowest BCUT2D eigenvalue weighted by Gasteiger charge is -2.46. The number of para-hydroxylation sites is 1. The first-order valence-corrected chi connectivity index (χ1v) is 16.7. The summed E-state index contributed by atoms with van der Waals surface area (Å²) in [6.07, 6.45) is 16.0. The van der Waals surface area contributed by atoms with Crippen LogP contribution in [0.2, 0.25) is 0 Å². The minimum Gasteiger partial charge on any atom is -0.475 e. The smallest absolute Gasteiger partial charge is 0.253 e. The number of carbonyl (C=O) groups is 2. The van der Waals surface area contributed by atoms with Crippen molar-refractivity contribution in [3.05, 3.63) is 67.1 Å². The molecule has 2 aliphatic heterocycles. The molecule has 2 radical (unpaired) electrons. The predicted octanol–water partition coefficient (Wildman–Crippen LogP) is 7.44. The number of fused-ring (bicyclic) bond motifs is 3. The number of anilines is 1. The van der Waals surface area contributed by atoms with Gasteiger partial charge in [0.25, 0.3) is 5.91 Å². The summed E-state index contributed by atoms with van der Waals surface area (Å²) in [5.41, 5.74) is 3.47. The number of ether oxygens (including phenoxy) is 1. The van der Waals surface area contributed by atoms with Crippen LogP contribution in [0.5, 0.6) is 5.75 Å². The topological polar surface area (TPSA) is 61.9 Å². The van der Waals surface area contributed by atoms with Gasteiger partial charge in [-0.1, -0.05) is 64.7 Å². The Morgan fingerprint density at radius 3 is 2.44 bits per heavy atom. The van der Waals surface area contributed by atoms with Gasteiger partial charge in [0.05, 0.1) is 0 Å². The number of benzene rings is 2. The molecule has 3 fully saturated rings. The van der Waals surface area contributed by atoms with Gasteiger partial charge in [0.2, 0.25) is 5.91 Å². The second kappa shape index (κ2) is 14.3. The molecule has 1 N–H and O–H groups in total. The van der Waals surface area contributed by atoms with Crippen molar-refractivity contribution in [3.63, 3.8) is 0 Å². The van der Waals surface area contributed by atoms with Crippen molar-refractivity contribution in [1.82, 2.24) is 10.2 Å². The third-order valence-electron chi connectivity index (χ3n) is 10.5. The maximum absolute atomic E-state index is 13.4. The first-order valence-electron chi connectivity index (χ1n) is 16.7. The Bertz CT molecular complexity index is 1210. The number of hydrogen-bond acceptors (Lipinski definition) is 4. The van der Waals surface area contributed by atoms with Crippen LogP contribution in [0, 0.1) is 18.8 Å². The van der Waals surface area contributed by atoms with E-state index in [2.05, 4.69) is 24.4 Å². The highest BCUT2D eigenvalue weighted by Gasteiger charge is 2.39. The Morgan fingerprint density at radius 1 is 1.00 bits per heavy atom. The Hall–Kier alpha value is -2.86. The van der Waals surface area contributed by atoms with Gasteiger partial charge in [-0.2, -0.15) is 0 Å². The monoisotopic (exact) mass is 585 g/mol. The molecule has 6 rings (SSSR count). The fraction of sp³-hybridized carbons (Fsp3) is 0.595. The molecule has 2 aliphatic carbocycles. The number of hydrogen-bond donors (Lipinski definition) is 1. The second-order valence-corrected chi connectivity index (χ2v) is 13.4. The van der Waals surface area contributed by atoms with Crippen LogP contribution in [0.15, 0.2) is 48.5 Å². The zero-order valence-corrected chi connectivity index (χ0v) is 26.2. The first-order chi connectivity index (χ1) is 20.5. The number of rotatable bonds is 10.